The number of aryl methyl sites for hydroxylation is 1. The van der Waals surface area contributed by atoms with E-state index in [9.17, 15) is 9.50 Å². The van der Waals surface area contributed by atoms with Gasteiger partial charge in [-0.1, -0.05) is 11.6 Å². The predicted octanol–water partition coefficient (Wildman–Crippen LogP) is 2.18. The molecule has 2 rings (SSSR count). The fourth-order valence-electron chi connectivity index (χ4n) is 1.68. The second-order valence-corrected chi connectivity index (χ2v) is 4.04. The first-order valence-electron chi connectivity index (χ1n) is 5.00. The normalized spacial score (nSPS) is 10.7. The molecule has 0 spiro atoms. The van der Waals surface area contributed by atoms with E-state index in [-0.39, 0.29) is 22.1 Å². The minimum Gasteiger partial charge on any atom is -0.504 e. The number of nitrogens with two attached hydrogens (primary N) is 1. The Hall–Kier alpha value is -1.95. The Balaban J connectivity index is 2.81. The van der Waals surface area contributed by atoms with Gasteiger partial charge in [-0.25, -0.2) is 4.39 Å². The van der Waals surface area contributed by atoms with Crippen molar-refractivity contribution < 1.29 is 14.2 Å². The van der Waals surface area contributed by atoms with Crippen molar-refractivity contribution in [3.8, 4) is 22.6 Å². The lowest BCUT2D eigenvalue weighted by atomic mass is 10.1. The summed E-state index contributed by atoms with van der Waals surface area (Å²) in [6.07, 6.45) is 1.43. The van der Waals surface area contributed by atoms with Gasteiger partial charge in [0.2, 0.25) is 0 Å². The minimum atomic E-state index is -0.756. The first kappa shape index (κ1) is 12.5. The molecule has 0 atom stereocenters. The highest BCUT2D eigenvalue weighted by Gasteiger charge is 2.22. The highest BCUT2D eigenvalue weighted by atomic mass is 35.5. The molecule has 0 bridgehead atoms. The largest absolute Gasteiger partial charge is 0.504 e. The van der Waals surface area contributed by atoms with Crippen LogP contribution in [0.25, 0.3) is 11.1 Å². The minimum absolute atomic E-state index is 0.0566. The molecular weight excluding hydrogens is 261 g/mol. The average molecular weight is 272 g/mol. The number of halogens is 2. The summed E-state index contributed by atoms with van der Waals surface area (Å²) in [5, 5.41) is 13.4. The van der Waals surface area contributed by atoms with E-state index in [2.05, 4.69) is 5.10 Å². The molecule has 3 N–H and O–H groups in total. The summed E-state index contributed by atoms with van der Waals surface area (Å²) >= 11 is 5.91. The predicted molar refractivity (Wildman–Crippen MR) is 66.2 cm³/mol. The second-order valence-electron chi connectivity index (χ2n) is 3.67. The van der Waals surface area contributed by atoms with Gasteiger partial charge in [-0.3, -0.25) is 4.68 Å². The molecule has 18 heavy (non-hydrogen) atoms. The third-order valence-electron chi connectivity index (χ3n) is 2.61. The monoisotopic (exact) mass is 271 g/mol. The molecule has 1 aromatic carbocycles. The Kier molecular flexibility index (Phi) is 3.04. The lowest BCUT2D eigenvalue weighted by molar-refractivity contribution is 0.372. The molecule has 0 amide bonds. The van der Waals surface area contributed by atoms with Crippen LogP contribution in [0.1, 0.15) is 0 Å². The smallest absolute Gasteiger partial charge is 0.170 e. The van der Waals surface area contributed by atoms with Crippen molar-refractivity contribution in [2.24, 2.45) is 7.05 Å². The first-order valence-corrected chi connectivity index (χ1v) is 5.38. The highest BCUT2D eigenvalue weighted by molar-refractivity contribution is 6.34. The van der Waals surface area contributed by atoms with Crippen LogP contribution in [0.2, 0.25) is 5.02 Å². The number of hydrogen-bond donors (Lipinski definition) is 2. The molecule has 0 unspecified atom stereocenters. The van der Waals surface area contributed by atoms with Gasteiger partial charge in [0.15, 0.2) is 11.5 Å². The zero-order valence-corrected chi connectivity index (χ0v) is 10.5. The van der Waals surface area contributed by atoms with Gasteiger partial charge in [-0.05, 0) is 0 Å². The Morgan fingerprint density at radius 2 is 2.22 bits per heavy atom. The maximum Gasteiger partial charge on any atom is 0.170 e. The summed E-state index contributed by atoms with van der Waals surface area (Å²) in [6, 6.07) is 0.886. The quantitative estimate of drug-likeness (QED) is 0.878. The van der Waals surface area contributed by atoms with Gasteiger partial charge >= 0.3 is 0 Å². The zero-order chi connectivity index (χ0) is 13.4. The molecule has 1 aromatic heterocycles. The fraction of sp³-hybridized carbons (Fsp3) is 0.182. The molecule has 7 heteroatoms. The number of anilines is 1. The molecule has 0 saturated heterocycles. The van der Waals surface area contributed by atoms with Crippen LogP contribution >= 0.6 is 11.6 Å². The summed E-state index contributed by atoms with van der Waals surface area (Å²) in [5.74, 6) is -0.757. The van der Waals surface area contributed by atoms with E-state index in [4.69, 9.17) is 22.1 Å². The Morgan fingerprint density at radius 1 is 1.56 bits per heavy atom. The van der Waals surface area contributed by atoms with Crippen LogP contribution < -0.4 is 10.5 Å². The molecule has 96 valence electrons. The summed E-state index contributed by atoms with van der Waals surface area (Å²) in [4.78, 5) is 0. The number of phenolic OH excluding ortho intramolecular Hbond substituents is 1. The number of phenols is 1. The number of aromatic nitrogens is 2. The van der Waals surface area contributed by atoms with E-state index in [1.54, 1.807) is 7.05 Å². The van der Waals surface area contributed by atoms with Crippen LogP contribution in [-0.2, 0) is 7.05 Å². The maximum absolute atomic E-state index is 13.6. The number of aromatic hydroxyl groups is 1. The van der Waals surface area contributed by atoms with Gasteiger partial charge in [-0.15, -0.1) is 0 Å². The van der Waals surface area contributed by atoms with E-state index in [1.807, 2.05) is 0 Å². The van der Waals surface area contributed by atoms with E-state index in [0.717, 1.165) is 6.07 Å². The fourth-order valence-corrected chi connectivity index (χ4v) is 1.93. The maximum atomic E-state index is 13.6. The molecule has 0 aliphatic carbocycles. The van der Waals surface area contributed by atoms with Crippen molar-refractivity contribution in [3.63, 3.8) is 0 Å². The second kappa shape index (κ2) is 4.38. The van der Waals surface area contributed by atoms with Crippen LogP contribution in [0.5, 0.6) is 11.5 Å². The SMILES string of the molecule is COc1c(O)cc(F)c(Cl)c1-c1cnn(C)c1N. The van der Waals surface area contributed by atoms with Crippen LogP contribution in [0, 0.1) is 5.82 Å². The van der Waals surface area contributed by atoms with E-state index >= 15 is 0 Å². The molecule has 1 heterocycles. The summed E-state index contributed by atoms with van der Waals surface area (Å²) in [6.45, 7) is 0. The standard InChI is InChI=1S/C11H11ClFN3O2/c1-16-11(14)5(4-15-16)8-9(12)6(13)3-7(17)10(8)18-2/h3-4,17H,14H2,1-2H3. The van der Waals surface area contributed by atoms with E-state index in [1.165, 1.54) is 18.0 Å². The molecular formula is C11H11ClFN3O2. The Labute approximate surface area is 108 Å². The molecule has 0 fully saturated rings. The number of benzene rings is 1. The van der Waals surface area contributed by atoms with Crippen molar-refractivity contribution in [2.45, 2.75) is 0 Å². The van der Waals surface area contributed by atoms with Gasteiger partial charge in [0.25, 0.3) is 0 Å². The molecule has 0 aliphatic heterocycles. The van der Waals surface area contributed by atoms with Crippen LogP contribution in [0.15, 0.2) is 12.3 Å². The number of methoxy groups -OCH3 is 1. The van der Waals surface area contributed by atoms with Crippen LogP contribution in [-0.4, -0.2) is 22.0 Å². The van der Waals surface area contributed by atoms with E-state index in [0.29, 0.717) is 11.4 Å². The lowest BCUT2D eigenvalue weighted by Gasteiger charge is -2.12. The molecule has 0 saturated carbocycles. The third kappa shape index (κ3) is 1.74. The van der Waals surface area contributed by atoms with Gasteiger partial charge in [-0.2, -0.15) is 5.10 Å². The molecule has 0 radical (unpaired) electrons. The topological polar surface area (TPSA) is 73.3 Å². The molecule has 0 aliphatic rings. The van der Waals surface area contributed by atoms with Crippen LogP contribution in [0.3, 0.4) is 0 Å². The summed E-state index contributed by atoms with van der Waals surface area (Å²) in [7, 11) is 2.98. The Bertz CT molecular complexity index is 613. The first-order chi connectivity index (χ1) is 8.47. The zero-order valence-electron chi connectivity index (χ0n) is 9.74. The number of hydrogen-bond acceptors (Lipinski definition) is 4. The number of ether oxygens (including phenoxy) is 1. The molecule has 5 nitrogen and oxygen atoms in total. The molecule has 2 aromatic rings. The van der Waals surface area contributed by atoms with E-state index < -0.39 is 5.82 Å². The number of rotatable bonds is 2. The summed E-state index contributed by atoms with van der Waals surface area (Å²) < 4.78 is 20.0. The number of nitrogen functional groups attached to an aromatic ring is 1. The third-order valence-corrected chi connectivity index (χ3v) is 2.98. The van der Waals surface area contributed by atoms with Gasteiger partial charge < -0.3 is 15.6 Å². The van der Waals surface area contributed by atoms with Crippen molar-refractivity contribution in [2.75, 3.05) is 12.8 Å². The van der Waals surface area contributed by atoms with Crippen molar-refractivity contribution >= 4 is 17.4 Å². The average Bonchev–Trinajstić information content (AvgIpc) is 2.65. The van der Waals surface area contributed by atoms with Crippen molar-refractivity contribution in [1.82, 2.24) is 9.78 Å². The van der Waals surface area contributed by atoms with Gasteiger partial charge in [0.1, 0.15) is 11.6 Å². The van der Waals surface area contributed by atoms with Gasteiger partial charge in [0.05, 0.1) is 23.9 Å². The lowest BCUT2D eigenvalue weighted by Crippen LogP contribution is -1.99. The number of nitrogens with zero attached hydrogens (tertiary/aromatic N) is 2. The van der Waals surface area contributed by atoms with Crippen molar-refractivity contribution in [1.29, 1.82) is 0 Å². The van der Waals surface area contributed by atoms with Crippen molar-refractivity contribution in [3.05, 3.63) is 23.1 Å². The highest BCUT2D eigenvalue weighted by Crippen LogP contribution is 2.45. The van der Waals surface area contributed by atoms with Gasteiger partial charge in [0, 0.05) is 18.7 Å². The Morgan fingerprint density at radius 3 is 2.72 bits per heavy atom. The van der Waals surface area contributed by atoms with Crippen LogP contribution in [0.4, 0.5) is 10.2 Å². The summed E-state index contributed by atoms with van der Waals surface area (Å²) in [5.41, 5.74) is 6.39.